The Morgan fingerprint density at radius 3 is 2.71 bits per heavy atom. The smallest absolute Gasteiger partial charge is 0.188 e. The zero-order valence-electron chi connectivity index (χ0n) is 13.9. The van der Waals surface area contributed by atoms with Crippen LogP contribution in [0.5, 0.6) is 0 Å². The number of aryl methyl sites for hydroxylation is 1. The molecule has 3 rings (SSSR count). The maximum Gasteiger partial charge on any atom is 0.188 e. The summed E-state index contributed by atoms with van der Waals surface area (Å²) in [5, 5.41) is 0.368. The third kappa shape index (κ3) is 3.43. The van der Waals surface area contributed by atoms with Crippen LogP contribution in [0.15, 0.2) is 52.5 Å². The molecule has 3 aromatic rings. The maximum atomic E-state index is 12.8. The topological polar surface area (TPSA) is 60.9 Å². The molecular weight excluding hydrogens is 322 g/mol. The van der Waals surface area contributed by atoms with Crippen molar-refractivity contribution in [3.05, 3.63) is 65.6 Å². The highest BCUT2D eigenvalue weighted by Crippen LogP contribution is 2.25. The van der Waals surface area contributed by atoms with Crippen LogP contribution in [0, 0.1) is 13.8 Å². The second-order valence-electron chi connectivity index (χ2n) is 5.61. The quantitative estimate of drug-likeness (QED) is 0.386. The molecule has 0 aliphatic rings. The molecule has 0 saturated carbocycles. The number of nitrogens with zero attached hydrogens (tertiary/aromatic N) is 3. The van der Waals surface area contributed by atoms with Crippen molar-refractivity contribution in [3.8, 4) is 0 Å². The standard InChI is InChI=1S/C18H19N3O2S/c1-12-10-16(13(2)21(12)11-15-6-4-9-23-15)17(22)14(3)24-18-19-7-5-8-20-18/h4-10,14H,11H2,1-3H3/t14-/m0/s1. The highest BCUT2D eigenvalue weighted by atomic mass is 32.2. The molecule has 3 aromatic heterocycles. The van der Waals surface area contributed by atoms with Gasteiger partial charge in [-0.25, -0.2) is 9.97 Å². The first-order valence-electron chi connectivity index (χ1n) is 7.73. The summed E-state index contributed by atoms with van der Waals surface area (Å²) < 4.78 is 7.52. The van der Waals surface area contributed by atoms with Crippen LogP contribution >= 0.6 is 11.8 Å². The molecule has 5 nitrogen and oxygen atoms in total. The van der Waals surface area contributed by atoms with E-state index in [1.54, 1.807) is 24.7 Å². The van der Waals surface area contributed by atoms with Crippen LogP contribution in [0.1, 0.15) is 34.4 Å². The van der Waals surface area contributed by atoms with E-state index in [1.165, 1.54) is 11.8 Å². The lowest BCUT2D eigenvalue weighted by Gasteiger charge is -2.10. The van der Waals surface area contributed by atoms with Gasteiger partial charge in [-0.05, 0) is 45.0 Å². The Morgan fingerprint density at radius 2 is 2.04 bits per heavy atom. The minimum atomic E-state index is -0.245. The summed E-state index contributed by atoms with van der Waals surface area (Å²) >= 11 is 1.38. The summed E-state index contributed by atoms with van der Waals surface area (Å²) in [6.45, 7) is 6.49. The van der Waals surface area contributed by atoms with Gasteiger partial charge in [-0.15, -0.1) is 0 Å². The fraction of sp³-hybridized carbons (Fsp3) is 0.278. The number of rotatable bonds is 6. The fourth-order valence-electron chi connectivity index (χ4n) is 2.63. The van der Waals surface area contributed by atoms with Crippen LogP contribution in [-0.2, 0) is 6.54 Å². The van der Waals surface area contributed by atoms with E-state index >= 15 is 0 Å². The SMILES string of the molecule is Cc1cc(C(=O)[C@H](C)Sc2ncccn2)c(C)n1Cc1ccco1. The van der Waals surface area contributed by atoms with Gasteiger partial charge in [0, 0.05) is 29.3 Å². The molecule has 0 aliphatic heterocycles. The van der Waals surface area contributed by atoms with Gasteiger partial charge in [0.2, 0.25) is 0 Å². The Kier molecular flexibility index (Phi) is 4.85. The van der Waals surface area contributed by atoms with Crippen molar-refractivity contribution in [3.63, 3.8) is 0 Å². The molecule has 0 spiro atoms. The van der Waals surface area contributed by atoms with E-state index < -0.39 is 0 Å². The lowest BCUT2D eigenvalue weighted by molar-refractivity contribution is 0.0993. The summed E-state index contributed by atoms with van der Waals surface area (Å²) in [7, 11) is 0. The number of hydrogen-bond donors (Lipinski definition) is 0. The van der Waals surface area contributed by atoms with E-state index in [-0.39, 0.29) is 11.0 Å². The monoisotopic (exact) mass is 341 g/mol. The molecule has 1 atom stereocenters. The molecular formula is C18H19N3O2S. The van der Waals surface area contributed by atoms with Gasteiger partial charge in [0.1, 0.15) is 5.76 Å². The van der Waals surface area contributed by atoms with Crippen molar-refractivity contribution in [2.45, 2.75) is 37.7 Å². The van der Waals surface area contributed by atoms with Gasteiger partial charge in [-0.2, -0.15) is 0 Å². The van der Waals surface area contributed by atoms with Crippen LogP contribution in [0.3, 0.4) is 0 Å². The Bertz CT molecular complexity index is 826. The highest BCUT2D eigenvalue weighted by Gasteiger charge is 2.22. The van der Waals surface area contributed by atoms with Crippen LogP contribution in [0.25, 0.3) is 0 Å². The lowest BCUT2D eigenvalue weighted by Crippen LogP contribution is -2.15. The molecule has 124 valence electrons. The number of furan rings is 1. The molecule has 24 heavy (non-hydrogen) atoms. The van der Waals surface area contributed by atoms with E-state index in [0.29, 0.717) is 11.7 Å². The van der Waals surface area contributed by atoms with Crippen LogP contribution in [0.4, 0.5) is 0 Å². The van der Waals surface area contributed by atoms with Gasteiger partial charge < -0.3 is 8.98 Å². The molecule has 0 saturated heterocycles. The first kappa shape index (κ1) is 16.5. The number of Topliss-reactive ketones (excluding diaryl/α,β-unsaturated/α-hetero) is 1. The van der Waals surface area contributed by atoms with E-state index in [9.17, 15) is 4.79 Å². The second-order valence-corrected chi connectivity index (χ2v) is 6.91. The molecule has 0 amide bonds. The van der Waals surface area contributed by atoms with Gasteiger partial charge in [0.05, 0.1) is 18.1 Å². The van der Waals surface area contributed by atoms with E-state index in [2.05, 4.69) is 14.5 Å². The first-order chi connectivity index (χ1) is 11.6. The zero-order chi connectivity index (χ0) is 17.1. The summed E-state index contributed by atoms with van der Waals surface area (Å²) in [6, 6.07) is 7.52. The van der Waals surface area contributed by atoms with Gasteiger partial charge in [0.25, 0.3) is 0 Å². The number of aromatic nitrogens is 3. The van der Waals surface area contributed by atoms with Crippen molar-refractivity contribution in [2.75, 3.05) is 0 Å². The van der Waals surface area contributed by atoms with Crippen molar-refractivity contribution in [1.82, 2.24) is 14.5 Å². The number of thioether (sulfide) groups is 1. The third-order valence-electron chi connectivity index (χ3n) is 3.93. The van der Waals surface area contributed by atoms with Gasteiger partial charge >= 0.3 is 0 Å². The Labute approximate surface area is 145 Å². The van der Waals surface area contributed by atoms with Crippen molar-refractivity contribution in [2.24, 2.45) is 0 Å². The van der Waals surface area contributed by atoms with Crippen molar-refractivity contribution >= 4 is 17.5 Å². The number of hydrogen-bond acceptors (Lipinski definition) is 5. The summed E-state index contributed by atoms with van der Waals surface area (Å²) in [5.41, 5.74) is 2.74. The number of ketones is 1. The van der Waals surface area contributed by atoms with Gasteiger partial charge in [-0.3, -0.25) is 4.79 Å². The molecule has 0 aliphatic carbocycles. The molecule has 3 heterocycles. The largest absolute Gasteiger partial charge is 0.467 e. The molecule has 6 heteroatoms. The zero-order valence-corrected chi connectivity index (χ0v) is 14.7. The second kappa shape index (κ2) is 7.05. The predicted molar refractivity (Wildman–Crippen MR) is 93.4 cm³/mol. The third-order valence-corrected chi connectivity index (χ3v) is 4.92. The fourth-order valence-corrected chi connectivity index (χ4v) is 3.42. The summed E-state index contributed by atoms with van der Waals surface area (Å²) in [4.78, 5) is 21.2. The minimum Gasteiger partial charge on any atom is -0.467 e. The molecule has 0 unspecified atom stereocenters. The van der Waals surface area contributed by atoms with Crippen LogP contribution in [0.2, 0.25) is 0 Å². The molecule has 0 aromatic carbocycles. The number of carbonyl (C=O) groups is 1. The van der Waals surface area contributed by atoms with Gasteiger partial charge in [-0.1, -0.05) is 11.8 Å². The van der Waals surface area contributed by atoms with Crippen LogP contribution in [-0.4, -0.2) is 25.6 Å². The van der Waals surface area contributed by atoms with E-state index in [1.807, 2.05) is 39.0 Å². The molecule has 0 bridgehead atoms. The van der Waals surface area contributed by atoms with Crippen LogP contribution < -0.4 is 0 Å². The van der Waals surface area contributed by atoms with E-state index in [4.69, 9.17) is 4.42 Å². The molecule has 0 fully saturated rings. The van der Waals surface area contributed by atoms with Crippen molar-refractivity contribution < 1.29 is 9.21 Å². The van der Waals surface area contributed by atoms with Crippen molar-refractivity contribution in [1.29, 1.82) is 0 Å². The highest BCUT2D eigenvalue weighted by molar-refractivity contribution is 8.00. The lowest BCUT2D eigenvalue weighted by atomic mass is 10.1. The average Bonchev–Trinajstić information content (AvgIpc) is 3.19. The van der Waals surface area contributed by atoms with E-state index in [0.717, 1.165) is 22.7 Å². The van der Waals surface area contributed by atoms with Gasteiger partial charge in [0.15, 0.2) is 10.9 Å². The maximum absolute atomic E-state index is 12.8. The minimum absolute atomic E-state index is 0.0891. The number of carbonyl (C=O) groups excluding carboxylic acids is 1. The molecule has 0 N–H and O–H groups in total. The first-order valence-corrected chi connectivity index (χ1v) is 8.61. The Hall–Kier alpha value is -2.34. The summed E-state index contributed by atoms with van der Waals surface area (Å²) in [5.74, 6) is 0.960. The summed E-state index contributed by atoms with van der Waals surface area (Å²) in [6.07, 6.45) is 5.03. The predicted octanol–water partition coefficient (Wildman–Crippen LogP) is 3.90. The Morgan fingerprint density at radius 1 is 1.29 bits per heavy atom. The molecule has 0 radical (unpaired) electrons. The average molecular weight is 341 g/mol. The normalized spacial score (nSPS) is 12.3. The Balaban J connectivity index is 1.80.